The van der Waals surface area contributed by atoms with Crippen molar-refractivity contribution in [1.82, 2.24) is 20.2 Å². The van der Waals surface area contributed by atoms with Crippen LogP contribution in [0.2, 0.25) is 0 Å². The molecule has 268 valence electrons. The number of imide groups is 1. The number of alkyl halides is 3. The Balaban J connectivity index is 0.881. The number of hydrogen-bond acceptors (Lipinski definition) is 10. The summed E-state index contributed by atoms with van der Waals surface area (Å²) >= 11 is 1.18. The number of rotatable bonds is 12. The van der Waals surface area contributed by atoms with Gasteiger partial charge in [-0.1, -0.05) is 12.1 Å². The van der Waals surface area contributed by atoms with Crippen LogP contribution in [0, 0.1) is 0 Å². The van der Waals surface area contributed by atoms with Crippen LogP contribution in [0.15, 0.2) is 72.9 Å². The number of carbonyl (C=O) groups is 3. The minimum atomic E-state index is -4.59. The molecule has 2 aromatic heterocycles. The molecular formula is C37H32F3N5O6S. The molecule has 52 heavy (non-hydrogen) atoms. The summed E-state index contributed by atoms with van der Waals surface area (Å²) in [5.41, 5.74) is 2.00. The number of hydrogen-bond donors (Lipinski definition) is 2. The molecular weight excluding hydrogens is 699 g/mol. The van der Waals surface area contributed by atoms with Gasteiger partial charge in [0.25, 0.3) is 5.91 Å². The molecule has 0 aliphatic carbocycles. The first-order valence-electron chi connectivity index (χ1n) is 16.4. The van der Waals surface area contributed by atoms with Gasteiger partial charge in [0.15, 0.2) is 0 Å². The second-order valence-corrected chi connectivity index (χ2v) is 13.2. The van der Waals surface area contributed by atoms with Gasteiger partial charge < -0.3 is 24.4 Å². The average molecular weight is 732 g/mol. The smallest absolute Gasteiger partial charge is 0.417 e. The molecule has 1 saturated heterocycles. The maximum atomic E-state index is 14.2. The standard InChI is InChI=1S/C37H32F3N5O6S/c1-49-24-5-8-29-31(18-24)52-35(43-29)27-6-2-21(17-28(27)37(38,39)40)22-3-10-32(42-19-22)41-12-13-50-14-15-51-25-4-7-26-23(16-25)20-45(36(26)48)30-9-11-33(46)44-34(30)47/h2-8,10,16-19,30H,9,11-15,20H2,1H3,(H,41,42)(H,44,46,47). The summed E-state index contributed by atoms with van der Waals surface area (Å²) in [5, 5.41) is 5.70. The molecule has 1 atom stereocenters. The molecule has 0 radical (unpaired) electrons. The highest BCUT2D eigenvalue weighted by Gasteiger charge is 2.39. The minimum Gasteiger partial charge on any atom is -0.497 e. The Morgan fingerprint density at radius 1 is 0.942 bits per heavy atom. The largest absolute Gasteiger partial charge is 0.497 e. The summed E-state index contributed by atoms with van der Waals surface area (Å²) in [4.78, 5) is 46.9. The van der Waals surface area contributed by atoms with Gasteiger partial charge in [0.2, 0.25) is 11.8 Å². The second kappa shape index (κ2) is 14.6. The van der Waals surface area contributed by atoms with E-state index in [0.717, 1.165) is 16.3 Å². The van der Waals surface area contributed by atoms with Crippen molar-refractivity contribution in [2.75, 3.05) is 38.8 Å². The lowest BCUT2D eigenvalue weighted by Crippen LogP contribution is -2.52. The number of aromatic nitrogens is 2. The number of fused-ring (bicyclic) bond motifs is 2. The Kier molecular flexibility index (Phi) is 9.79. The van der Waals surface area contributed by atoms with Gasteiger partial charge in [0.05, 0.1) is 36.1 Å². The van der Waals surface area contributed by atoms with E-state index in [9.17, 15) is 27.6 Å². The van der Waals surface area contributed by atoms with Crippen molar-refractivity contribution in [2.24, 2.45) is 0 Å². The van der Waals surface area contributed by atoms with Crippen LogP contribution >= 0.6 is 11.3 Å². The van der Waals surface area contributed by atoms with E-state index in [4.69, 9.17) is 14.2 Å². The number of ether oxygens (including phenoxy) is 3. The molecule has 2 N–H and O–H groups in total. The van der Waals surface area contributed by atoms with Crippen molar-refractivity contribution < 1.29 is 41.8 Å². The lowest BCUT2D eigenvalue weighted by molar-refractivity contribution is -0.138. The number of benzene rings is 3. The highest BCUT2D eigenvalue weighted by atomic mass is 32.1. The first-order valence-corrected chi connectivity index (χ1v) is 17.2. The van der Waals surface area contributed by atoms with Gasteiger partial charge in [-0.15, -0.1) is 11.3 Å². The molecule has 1 fully saturated rings. The quantitative estimate of drug-likeness (QED) is 0.112. The van der Waals surface area contributed by atoms with Crippen LogP contribution in [-0.4, -0.2) is 72.1 Å². The lowest BCUT2D eigenvalue weighted by atomic mass is 10.00. The number of methoxy groups -OCH3 is 1. The predicted molar refractivity (Wildman–Crippen MR) is 187 cm³/mol. The molecule has 15 heteroatoms. The SMILES string of the molecule is COc1ccc2nc(-c3ccc(-c4ccc(NCCOCCOc5ccc6c(c5)CN(C5CCC(=O)NC5=O)C6=O)nc4)cc3C(F)(F)F)sc2c1. The molecule has 2 aliphatic heterocycles. The van der Waals surface area contributed by atoms with Crippen LogP contribution in [0.4, 0.5) is 19.0 Å². The molecule has 0 spiro atoms. The number of thiazole rings is 1. The van der Waals surface area contributed by atoms with Gasteiger partial charge in [-0.3, -0.25) is 19.7 Å². The van der Waals surface area contributed by atoms with E-state index in [1.54, 1.807) is 54.6 Å². The van der Waals surface area contributed by atoms with Gasteiger partial charge >= 0.3 is 6.18 Å². The maximum Gasteiger partial charge on any atom is 0.417 e. The maximum absolute atomic E-state index is 14.2. The first-order chi connectivity index (χ1) is 25.1. The Morgan fingerprint density at radius 3 is 2.52 bits per heavy atom. The van der Waals surface area contributed by atoms with Crippen LogP contribution in [0.25, 0.3) is 31.9 Å². The van der Waals surface area contributed by atoms with Crippen LogP contribution < -0.4 is 20.1 Å². The Hall–Kier alpha value is -5.54. The lowest BCUT2D eigenvalue weighted by Gasteiger charge is -2.29. The van der Waals surface area contributed by atoms with E-state index in [1.807, 2.05) is 0 Å². The highest BCUT2D eigenvalue weighted by molar-refractivity contribution is 7.21. The number of piperidine rings is 1. The summed E-state index contributed by atoms with van der Waals surface area (Å²) in [6, 6.07) is 17.3. The van der Waals surface area contributed by atoms with Gasteiger partial charge in [0, 0.05) is 42.4 Å². The zero-order valence-corrected chi connectivity index (χ0v) is 28.6. The zero-order valence-electron chi connectivity index (χ0n) is 27.8. The number of nitrogens with one attached hydrogen (secondary N) is 2. The fraction of sp³-hybridized carbons (Fsp3) is 0.270. The van der Waals surface area contributed by atoms with E-state index in [1.165, 1.54) is 35.6 Å². The average Bonchev–Trinajstić information content (AvgIpc) is 3.71. The molecule has 0 saturated carbocycles. The molecule has 3 amide bonds. The van der Waals surface area contributed by atoms with E-state index in [2.05, 4.69) is 20.6 Å². The van der Waals surface area contributed by atoms with Crippen LogP contribution in [0.1, 0.15) is 34.3 Å². The summed E-state index contributed by atoms with van der Waals surface area (Å²) in [6.45, 7) is 1.61. The third kappa shape index (κ3) is 7.41. The Bertz CT molecular complexity index is 2160. The van der Waals surface area contributed by atoms with E-state index >= 15 is 0 Å². The highest BCUT2D eigenvalue weighted by Crippen LogP contribution is 2.42. The molecule has 5 aromatic rings. The summed E-state index contributed by atoms with van der Waals surface area (Å²) in [7, 11) is 1.53. The molecule has 11 nitrogen and oxygen atoms in total. The summed E-state index contributed by atoms with van der Waals surface area (Å²) in [6.07, 6.45) is -2.58. The van der Waals surface area contributed by atoms with Crippen molar-refractivity contribution in [3.05, 3.63) is 89.6 Å². The first kappa shape index (κ1) is 34.9. The minimum absolute atomic E-state index is 0.00944. The number of nitrogens with zero attached hydrogens (tertiary/aromatic N) is 3. The molecule has 2 aliphatic rings. The van der Waals surface area contributed by atoms with Crippen molar-refractivity contribution >= 4 is 45.1 Å². The number of anilines is 1. The summed E-state index contributed by atoms with van der Waals surface area (Å²) < 4.78 is 60.1. The van der Waals surface area contributed by atoms with Crippen molar-refractivity contribution in [1.29, 1.82) is 0 Å². The van der Waals surface area contributed by atoms with Crippen LogP contribution in [-0.2, 0) is 27.0 Å². The number of amides is 3. The van der Waals surface area contributed by atoms with Crippen LogP contribution in [0.5, 0.6) is 11.5 Å². The topological polar surface area (TPSA) is 132 Å². The van der Waals surface area contributed by atoms with Crippen LogP contribution in [0.3, 0.4) is 0 Å². The number of pyridine rings is 1. The fourth-order valence-corrected chi connectivity index (χ4v) is 7.21. The summed E-state index contributed by atoms with van der Waals surface area (Å²) in [5.74, 6) is 0.679. The van der Waals surface area contributed by atoms with E-state index < -0.39 is 23.7 Å². The third-order valence-corrected chi connectivity index (χ3v) is 9.84. The molecule has 1 unspecified atom stereocenters. The number of carbonyl (C=O) groups excluding carboxylic acids is 3. The second-order valence-electron chi connectivity index (χ2n) is 12.1. The predicted octanol–water partition coefficient (Wildman–Crippen LogP) is 6.32. The van der Waals surface area contributed by atoms with E-state index in [0.29, 0.717) is 65.7 Å². The van der Waals surface area contributed by atoms with E-state index in [-0.39, 0.29) is 42.0 Å². The Labute approximate surface area is 299 Å². The van der Waals surface area contributed by atoms with Crippen molar-refractivity contribution in [3.63, 3.8) is 0 Å². The van der Waals surface area contributed by atoms with Gasteiger partial charge in [-0.05, 0) is 72.1 Å². The monoisotopic (exact) mass is 731 g/mol. The Morgan fingerprint density at radius 2 is 1.75 bits per heavy atom. The molecule has 7 rings (SSSR count). The molecule has 4 heterocycles. The van der Waals surface area contributed by atoms with Crippen molar-refractivity contribution in [3.8, 4) is 33.2 Å². The fourth-order valence-electron chi connectivity index (χ4n) is 6.17. The number of halogens is 3. The zero-order chi connectivity index (χ0) is 36.4. The van der Waals surface area contributed by atoms with Gasteiger partial charge in [0.1, 0.15) is 35.0 Å². The third-order valence-electron chi connectivity index (χ3n) is 8.79. The van der Waals surface area contributed by atoms with Gasteiger partial charge in [-0.25, -0.2) is 9.97 Å². The van der Waals surface area contributed by atoms with Gasteiger partial charge in [-0.2, -0.15) is 13.2 Å². The molecule has 0 bridgehead atoms. The normalized spacial score (nSPS) is 15.9. The van der Waals surface area contributed by atoms with Crippen molar-refractivity contribution in [2.45, 2.75) is 31.6 Å². The molecule has 3 aromatic carbocycles.